The van der Waals surface area contributed by atoms with Crippen molar-refractivity contribution in [3.8, 4) is 0 Å². The van der Waals surface area contributed by atoms with Crippen molar-refractivity contribution in [1.82, 2.24) is 0 Å². The molecule has 2 rings (SSSR count). The maximum Gasteiger partial charge on any atom is 0.305 e. The summed E-state index contributed by atoms with van der Waals surface area (Å²) in [5.74, 6) is 0.730. The van der Waals surface area contributed by atoms with E-state index in [1.165, 1.54) is 64.9 Å². The van der Waals surface area contributed by atoms with Crippen LogP contribution < -0.4 is 0 Å². The van der Waals surface area contributed by atoms with E-state index in [0.717, 1.165) is 37.1 Å². The first-order valence-electron chi connectivity index (χ1n) is 12.1. The lowest BCUT2D eigenvalue weighted by molar-refractivity contribution is -0.140. The summed E-state index contributed by atoms with van der Waals surface area (Å²) >= 11 is 0. The summed E-state index contributed by atoms with van der Waals surface area (Å²) in [7, 11) is 1.46. The average molecular weight is 416 g/mol. The molecule has 1 aliphatic heterocycles. The Labute approximate surface area is 183 Å². The van der Waals surface area contributed by atoms with Crippen LogP contribution in [-0.2, 0) is 14.3 Å². The third kappa shape index (κ3) is 9.32. The molecule has 0 aliphatic carbocycles. The number of carbonyl (C=O) groups excluding carboxylic acids is 1. The first-order chi connectivity index (χ1) is 14.7. The lowest BCUT2D eigenvalue weighted by Crippen LogP contribution is -2.22. The van der Waals surface area contributed by atoms with Crippen LogP contribution in [0.1, 0.15) is 102 Å². The topological polar surface area (TPSA) is 47.9 Å². The monoisotopic (exact) mass is 415 g/mol. The quantitative estimate of drug-likeness (QED) is 0.219. The van der Waals surface area contributed by atoms with E-state index in [-0.39, 0.29) is 18.1 Å². The van der Waals surface area contributed by atoms with Gasteiger partial charge in [-0.05, 0) is 37.8 Å². The van der Waals surface area contributed by atoms with Crippen LogP contribution in [0.5, 0.6) is 0 Å². The van der Waals surface area contributed by atoms with E-state index in [4.69, 9.17) is 14.5 Å². The minimum atomic E-state index is -0.0987. The summed E-state index contributed by atoms with van der Waals surface area (Å²) in [6.45, 7) is 2.26. The van der Waals surface area contributed by atoms with Gasteiger partial charge in [0.15, 0.2) is 0 Å². The van der Waals surface area contributed by atoms with Crippen molar-refractivity contribution in [3.05, 3.63) is 35.9 Å². The lowest BCUT2D eigenvalue weighted by atomic mass is 9.98. The van der Waals surface area contributed by atoms with E-state index in [1.807, 2.05) is 18.2 Å². The molecule has 0 bridgehead atoms. The Kier molecular flexibility index (Phi) is 12.2. The van der Waals surface area contributed by atoms with Crippen molar-refractivity contribution in [2.24, 2.45) is 4.99 Å². The number of ether oxygens (including phenoxy) is 2. The SMILES string of the molecule is CCCCCCCC[C@@H]1OC(c2ccccc2)=N[C@H]1CCCCCCCC(=O)OC. The first kappa shape index (κ1) is 24.4. The molecule has 0 fully saturated rings. The Bertz CT molecular complexity index is 614. The molecule has 1 heterocycles. The molecular formula is C26H41NO3. The van der Waals surface area contributed by atoms with Gasteiger partial charge in [0, 0.05) is 12.0 Å². The van der Waals surface area contributed by atoms with Gasteiger partial charge in [-0.25, -0.2) is 4.99 Å². The largest absolute Gasteiger partial charge is 0.472 e. The van der Waals surface area contributed by atoms with Crippen LogP contribution >= 0.6 is 0 Å². The molecule has 30 heavy (non-hydrogen) atoms. The molecule has 0 saturated carbocycles. The number of benzene rings is 1. The average Bonchev–Trinajstić information content (AvgIpc) is 3.18. The van der Waals surface area contributed by atoms with Gasteiger partial charge in [-0.3, -0.25) is 4.79 Å². The zero-order chi connectivity index (χ0) is 21.4. The number of carbonyl (C=O) groups is 1. The maximum atomic E-state index is 11.2. The van der Waals surface area contributed by atoms with Gasteiger partial charge in [0.1, 0.15) is 6.10 Å². The zero-order valence-corrected chi connectivity index (χ0v) is 19.1. The fourth-order valence-electron chi connectivity index (χ4n) is 4.09. The van der Waals surface area contributed by atoms with Gasteiger partial charge in [-0.2, -0.15) is 0 Å². The zero-order valence-electron chi connectivity index (χ0n) is 19.1. The number of rotatable bonds is 16. The number of unbranched alkanes of at least 4 members (excludes halogenated alkanes) is 9. The molecule has 4 nitrogen and oxygen atoms in total. The van der Waals surface area contributed by atoms with Crippen LogP contribution in [-0.4, -0.2) is 31.1 Å². The molecule has 1 aromatic carbocycles. The van der Waals surface area contributed by atoms with E-state index >= 15 is 0 Å². The minimum absolute atomic E-state index is 0.0987. The predicted molar refractivity (Wildman–Crippen MR) is 124 cm³/mol. The molecule has 0 saturated heterocycles. The summed E-state index contributed by atoms with van der Waals surface area (Å²) < 4.78 is 11.0. The summed E-state index contributed by atoms with van der Waals surface area (Å²) in [5.41, 5.74) is 1.09. The van der Waals surface area contributed by atoms with Crippen LogP contribution in [0.15, 0.2) is 35.3 Å². The second kappa shape index (κ2) is 15.0. The van der Waals surface area contributed by atoms with Crippen molar-refractivity contribution < 1.29 is 14.3 Å². The van der Waals surface area contributed by atoms with Crippen LogP contribution in [0.25, 0.3) is 0 Å². The molecule has 168 valence electrons. The van der Waals surface area contributed by atoms with Gasteiger partial charge in [-0.15, -0.1) is 0 Å². The van der Waals surface area contributed by atoms with Crippen molar-refractivity contribution in [2.45, 2.75) is 109 Å². The fourth-order valence-corrected chi connectivity index (χ4v) is 4.09. The highest BCUT2D eigenvalue weighted by molar-refractivity contribution is 5.95. The summed E-state index contributed by atoms with van der Waals surface area (Å²) in [6.07, 6.45) is 16.4. The molecule has 0 amide bonds. The highest BCUT2D eigenvalue weighted by Crippen LogP contribution is 2.26. The van der Waals surface area contributed by atoms with Gasteiger partial charge in [0.05, 0.1) is 13.2 Å². The van der Waals surface area contributed by atoms with Crippen molar-refractivity contribution in [3.63, 3.8) is 0 Å². The van der Waals surface area contributed by atoms with Gasteiger partial charge in [-0.1, -0.05) is 82.9 Å². The second-order valence-electron chi connectivity index (χ2n) is 8.46. The van der Waals surface area contributed by atoms with Crippen LogP contribution in [0.4, 0.5) is 0 Å². The van der Waals surface area contributed by atoms with E-state index < -0.39 is 0 Å². The van der Waals surface area contributed by atoms with Gasteiger partial charge in [0.2, 0.25) is 5.90 Å². The Morgan fingerprint density at radius 3 is 2.23 bits per heavy atom. The summed E-state index contributed by atoms with van der Waals surface area (Å²) in [6, 6.07) is 10.6. The van der Waals surface area contributed by atoms with Crippen molar-refractivity contribution in [2.75, 3.05) is 7.11 Å². The molecule has 4 heteroatoms. The van der Waals surface area contributed by atoms with E-state index in [9.17, 15) is 4.79 Å². The molecule has 0 spiro atoms. The van der Waals surface area contributed by atoms with Crippen LogP contribution in [0.3, 0.4) is 0 Å². The van der Waals surface area contributed by atoms with E-state index in [0.29, 0.717) is 6.42 Å². The van der Waals surface area contributed by atoms with Crippen molar-refractivity contribution in [1.29, 1.82) is 0 Å². The van der Waals surface area contributed by atoms with E-state index in [1.54, 1.807) is 0 Å². The second-order valence-corrected chi connectivity index (χ2v) is 8.46. The number of methoxy groups -OCH3 is 1. The number of esters is 1. The first-order valence-corrected chi connectivity index (χ1v) is 12.1. The van der Waals surface area contributed by atoms with Crippen LogP contribution in [0, 0.1) is 0 Å². The highest BCUT2D eigenvalue weighted by atomic mass is 16.5. The number of aliphatic imine (C=N–C) groups is 1. The van der Waals surface area contributed by atoms with E-state index in [2.05, 4.69) is 19.1 Å². The summed E-state index contributed by atoms with van der Waals surface area (Å²) in [5, 5.41) is 0. The Hall–Kier alpha value is -1.84. The number of nitrogens with zero attached hydrogens (tertiary/aromatic N) is 1. The molecule has 1 aliphatic rings. The Morgan fingerprint density at radius 1 is 0.900 bits per heavy atom. The molecule has 2 atom stereocenters. The van der Waals surface area contributed by atoms with Gasteiger partial charge >= 0.3 is 5.97 Å². The smallest absolute Gasteiger partial charge is 0.305 e. The third-order valence-corrected chi connectivity index (χ3v) is 5.95. The maximum absolute atomic E-state index is 11.2. The standard InChI is InChI=1S/C26H41NO3/c1-3-4-5-6-9-15-20-24-23(19-14-8-7-10-16-21-25(28)29-2)27-26(30-24)22-17-12-11-13-18-22/h11-13,17-18,23-24H,3-10,14-16,19-21H2,1-2H3/t23-,24-/m0/s1. The fraction of sp³-hybridized carbons (Fsp3) is 0.692. The van der Waals surface area contributed by atoms with Crippen molar-refractivity contribution >= 4 is 11.9 Å². The Morgan fingerprint density at radius 2 is 1.53 bits per heavy atom. The predicted octanol–water partition coefficient (Wildman–Crippen LogP) is 6.85. The third-order valence-electron chi connectivity index (χ3n) is 5.95. The normalized spacial score (nSPS) is 18.1. The molecule has 0 aromatic heterocycles. The molecule has 0 radical (unpaired) electrons. The molecular weight excluding hydrogens is 374 g/mol. The van der Waals surface area contributed by atoms with Gasteiger partial charge in [0.25, 0.3) is 0 Å². The lowest BCUT2D eigenvalue weighted by Gasteiger charge is -2.17. The molecule has 1 aromatic rings. The highest BCUT2D eigenvalue weighted by Gasteiger charge is 2.30. The molecule has 0 N–H and O–H groups in total. The van der Waals surface area contributed by atoms with Crippen LogP contribution in [0.2, 0.25) is 0 Å². The number of hydrogen-bond acceptors (Lipinski definition) is 4. The molecule has 0 unspecified atom stereocenters. The minimum Gasteiger partial charge on any atom is -0.472 e. The summed E-state index contributed by atoms with van der Waals surface area (Å²) in [4.78, 5) is 16.1. The number of hydrogen-bond donors (Lipinski definition) is 0. The Balaban J connectivity index is 1.74. The van der Waals surface area contributed by atoms with Gasteiger partial charge < -0.3 is 9.47 Å².